The van der Waals surface area contributed by atoms with Crippen LogP contribution in [0.4, 0.5) is 0 Å². The summed E-state index contributed by atoms with van der Waals surface area (Å²) in [6.45, 7) is 3.51. The van der Waals surface area contributed by atoms with E-state index in [4.69, 9.17) is 11.6 Å². The molecule has 0 saturated heterocycles. The van der Waals surface area contributed by atoms with E-state index >= 15 is 0 Å². The van der Waals surface area contributed by atoms with Gasteiger partial charge in [-0.25, -0.2) is 8.42 Å². The summed E-state index contributed by atoms with van der Waals surface area (Å²) in [5.41, 5.74) is 0.918. The van der Waals surface area contributed by atoms with E-state index in [1.807, 2.05) is 6.92 Å². The normalized spacial score (nSPS) is 16.8. The first-order valence-corrected chi connectivity index (χ1v) is 9.25. The molecule has 0 spiro atoms. The third kappa shape index (κ3) is 3.77. The molecule has 0 aromatic heterocycles. The smallest absolute Gasteiger partial charge is 0.243 e. The van der Waals surface area contributed by atoms with Crippen molar-refractivity contribution in [2.75, 3.05) is 13.6 Å². The second-order valence-electron chi connectivity index (χ2n) is 5.49. The molecule has 118 valence electrons. The summed E-state index contributed by atoms with van der Waals surface area (Å²) in [5.74, 6) is 0. The van der Waals surface area contributed by atoms with Crippen LogP contribution in [0.25, 0.3) is 0 Å². The molecule has 1 aliphatic rings. The summed E-state index contributed by atoms with van der Waals surface area (Å²) in [6.07, 6.45) is 4.10. The Morgan fingerprint density at radius 1 is 1.33 bits per heavy atom. The molecule has 6 heteroatoms. The number of nitrogens with one attached hydrogen (secondary N) is 1. The molecule has 0 atom stereocenters. The van der Waals surface area contributed by atoms with Crippen LogP contribution in [0.15, 0.2) is 23.1 Å². The predicted octanol–water partition coefficient (Wildman–Crippen LogP) is 3.01. The molecule has 1 N–H and O–H groups in total. The highest BCUT2D eigenvalue weighted by molar-refractivity contribution is 7.89. The molecule has 2 rings (SSSR count). The van der Waals surface area contributed by atoms with E-state index in [-0.39, 0.29) is 10.9 Å². The highest BCUT2D eigenvalue weighted by atomic mass is 35.5. The van der Waals surface area contributed by atoms with E-state index in [0.29, 0.717) is 11.6 Å². The van der Waals surface area contributed by atoms with Gasteiger partial charge in [-0.15, -0.1) is 0 Å². The monoisotopic (exact) mass is 330 g/mol. The summed E-state index contributed by atoms with van der Waals surface area (Å²) in [5, 5.41) is 3.68. The lowest BCUT2D eigenvalue weighted by Crippen LogP contribution is -2.35. The van der Waals surface area contributed by atoms with Gasteiger partial charge in [0.1, 0.15) is 0 Å². The first kappa shape index (κ1) is 16.7. The third-order valence-electron chi connectivity index (χ3n) is 4.11. The van der Waals surface area contributed by atoms with E-state index in [2.05, 4.69) is 5.32 Å². The molecule has 0 amide bonds. The van der Waals surface area contributed by atoms with Crippen molar-refractivity contribution in [3.8, 4) is 0 Å². The quantitative estimate of drug-likeness (QED) is 0.872. The maximum absolute atomic E-state index is 12.6. The number of rotatable bonds is 6. The van der Waals surface area contributed by atoms with Crippen LogP contribution in [0.2, 0.25) is 5.02 Å². The Labute approximate surface area is 132 Å². The lowest BCUT2D eigenvalue weighted by Gasteiger charge is -2.24. The highest BCUT2D eigenvalue weighted by Gasteiger charge is 2.30. The minimum Gasteiger partial charge on any atom is -0.313 e. The second-order valence-corrected chi connectivity index (χ2v) is 7.90. The van der Waals surface area contributed by atoms with Crippen LogP contribution in [0, 0.1) is 0 Å². The van der Waals surface area contributed by atoms with Crippen LogP contribution in [0.5, 0.6) is 0 Å². The van der Waals surface area contributed by atoms with Gasteiger partial charge in [-0.05, 0) is 37.1 Å². The van der Waals surface area contributed by atoms with Crippen molar-refractivity contribution < 1.29 is 8.42 Å². The van der Waals surface area contributed by atoms with Gasteiger partial charge in [-0.2, -0.15) is 4.31 Å². The maximum atomic E-state index is 12.6. The fourth-order valence-electron chi connectivity index (χ4n) is 2.72. The number of benzene rings is 1. The Hall–Kier alpha value is -0.620. The lowest BCUT2D eigenvalue weighted by molar-refractivity contribution is 0.373. The number of sulfonamides is 1. The van der Waals surface area contributed by atoms with Gasteiger partial charge in [0.15, 0.2) is 0 Å². The van der Waals surface area contributed by atoms with E-state index in [1.54, 1.807) is 25.2 Å². The molecule has 1 aliphatic carbocycles. The molecule has 1 fully saturated rings. The van der Waals surface area contributed by atoms with Crippen LogP contribution < -0.4 is 5.32 Å². The number of hydrogen-bond acceptors (Lipinski definition) is 3. The molecule has 0 heterocycles. The van der Waals surface area contributed by atoms with E-state index in [0.717, 1.165) is 37.8 Å². The lowest BCUT2D eigenvalue weighted by atomic mass is 10.2. The molecule has 0 aliphatic heterocycles. The topological polar surface area (TPSA) is 49.4 Å². The number of hydrogen-bond donors (Lipinski definition) is 1. The van der Waals surface area contributed by atoms with Crippen molar-refractivity contribution in [1.29, 1.82) is 0 Å². The zero-order chi connectivity index (χ0) is 15.5. The van der Waals surface area contributed by atoms with Gasteiger partial charge in [0.05, 0.1) is 4.90 Å². The Morgan fingerprint density at radius 2 is 2.00 bits per heavy atom. The average molecular weight is 331 g/mol. The molecule has 1 aromatic rings. The van der Waals surface area contributed by atoms with Gasteiger partial charge in [0, 0.05) is 24.7 Å². The minimum absolute atomic E-state index is 0.121. The van der Waals surface area contributed by atoms with Crippen LogP contribution >= 0.6 is 11.6 Å². The van der Waals surface area contributed by atoms with Gasteiger partial charge < -0.3 is 5.32 Å². The molecule has 4 nitrogen and oxygen atoms in total. The third-order valence-corrected chi connectivity index (χ3v) is 6.36. The Balaban J connectivity index is 2.21. The number of halogens is 1. The average Bonchev–Trinajstić information content (AvgIpc) is 2.99. The minimum atomic E-state index is -3.45. The predicted molar refractivity (Wildman–Crippen MR) is 86.0 cm³/mol. The first-order chi connectivity index (χ1) is 9.96. The summed E-state index contributed by atoms with van der Waals surface area (Å²) in [6, 6.07) is 5.13. The van der Waals surface area contributed by atoms with E-state index in [1.165, 1.54) is 4.31 Å². The molecule has 21 heavy (non-hydrogen) atoms. The Kier molecular flexibility index (Phi) is 5.66. The van der Waals surface area contributed by atoms with Gasteiger partial charge in [0.2, 0.25) is 10.0 Å². The van der Waals surface area contributed by atoms with Crippen molar-refractivity contribution in [2.45, 2.75) is 50.1 Å². The van der Waals surface area contributed by atoms with Crippen molar-refractivity contribution in [2.24, 2.45) is 0 Å². The van der Waals surface area contributed by atoms with Crippen LogP contribution in [0.1, 0.15) is 38.2 Å². The van der Waals surface area contributed by atoms with Crippen molar-refractivity contribution in [3.05, 3.63) is 28.8 Å². The molecular weight excluding hydrogens is 308 g/mol. The Morgan fingerprint density at radius 3 is 2.57 bits per heavy atom. The van der Waals surface area contributed by atoms with Gasteiger partial charge in [0.25, 0.3) is 0 Å². The fraction of sp³-hybridized carbons (Fsp3) is 0.600. The SMILES string of the molecule is CCNCc1ccc(S(=O)(=O)N(C)C2CCCC2)cc1Cl. The van der Waals surface area contributed by atoms with Crippen LogP contribution in [-0.2, 0) is 16.6 Å². The first-order valence-electron chi connectivity index (χ1n) is 7.44. The zero-order valence-electron chi connectivity index (χ0n) is 12.6. The molecule has 0 unspecified atom stereocenters. The summed E-state index contributed by atoms with van der Waals surface area (Å²) in [4.78, 5) is 0.280. The number of nitrogens with zero attached hydrogens (tertiary/aromatic N) is 1. The van der Waals surface area contributed by atoms with E-state index in [9.17, 15) is 8.42 Å². The van der Waals surface area contributed by atoms with E-state index < -0.39 is 10.0 Å². The van der Waals surface area contributed by atoms with Gasteiger partial charge >= 0.3 is 0 Å². The van der Waals surface area contributed by atoms with Crippen molar-refractivity contribution >= 4 is 21.6 Å². The second kappa shape index (κ2) is 7.09. The highest BCUT2D eigenvalue weighted by Crippen LogP contribution is 2.29. The molecular formula is C15H23ClN2O2S. The van der Waals surface area contributed by atoms with Crippen molar-refractivity contribution in [1.82, 2.24) is 9.62 Å². The maximum Gasteiger partial charge on any atom is 0.243 e. The summed E-state index contributed by atoms with van der Waals surface area (Å²) in [7, 11) is -1.78. The van der Waals surface area contributed by atoms with Crippen LogP contribution in [-0.4, -0.2) is 32.4 Å². The van der Waals surface area contributed by atoms with Gasteiger partial charge in [-0.3, -0.25) is 0 Å². The Bertz CT molecular complexity index is 583. The molecule has 1 saturated carbocycles. The zero-order valence-corrected chi connectivity index (χ0v) is 14.2. The van der Waals surface area contributed by atoms with Gasteiger partial charge in [-0.1, -0.05) is 37.4 Å². The summed E-state index contributed by atoms with van der Waals surface area (Å²) < 4.78 is 26.8. The van der Waals surface area contributed by atoms with Crippen LogP contribution in [0.3, 0.4) is 0 Å². The summed E-state index contributed by atoms with van der Waals surface area (Å²) >= 11 is 6.21. The fourth-order valence-corrected chi connectivity index (χ4v) is 4.48. The largest absolute Gasteiger partial charge is 0.313 e. The standard InChI is InChI=1S/C15H23ClN2O2S/c1-3-17-11-12-8-9-14(10-15(12)16)21(19,20)18(2)13-6-4-5-7-13/h8-10,13,17H,3-7,11H2,1-2H3. The molecule has 0 radical (unpaired) electrons. The molecule has 1 aromatic carbocycles. The molecule has 0 bridgehead atoms. The van der Waals surface area contributed by atoms with Crippen molar-refractivity contribution in [3.63, 3.8) is 0 Å².